The largest absolute Gasteiger partial charge is 0.416 e. The van der Waals surface area contributed by atoms with Crippen molar-refractivity contribution < 1.29 is 110 Å². The summed E-state index contributed by atoms with van der Waals surface area (Å²) in [4.78, 5) is 4.07. The minimum absolute atomic E-state index is 0.691. The maximum atomic E-state index is 14.2. The molecule has 0 aliphatic carbocycles. The lowest BCUT2D eigenvalue weighted by molar-refractivity contribution is -0.690. The zero-order valence-corrected chi connectivity index (χ0v) is 35.1. The molecule has 1 aromatic heterocycles. The van der Waals surface area contributed by atoms with Gasteiger partial charge in [-0.2, -0.15) is 132 Å². The smallest absolute Gasteiger partial charge is 0.252 e. The van der Waals surface area contributed by atoms with Crippen molar-refractivity contribution in [3.63, 3.8) is 0 Å². The second-order valence-corrected chi connectivity index (χ2v) is 15.5. The molecule has 0 aliphatic rings. The van der Waals surface area contributed by atoms with Crippen molar-refractivity contribution in [2.24, 2.45) is 0 Å². The highest BCUT2D eigenvalue weighted by atomic mass is 19.4. The lowest BCUT2D eigenvalue weighted by atomic mass is 9.12. The number of aromatic nitrogens is 2. The van der Waals surface area contributed by atoms with Gasteiger partial charge in [0.15, 0.2) is 12.7 Å². The van der Waals surface area contributed by atoms with Crippen molar-refractivity contribution in [2.75, 3.05) is 0 Å². The summed E-state index contributed by atoms with van der Waals surface area (Å²) in [5, 5.41) is 0. The second-order valence-electron chi connectivity index (χ2n) is 15.5. The molecule has 0 atom stereocenters. The predicted octanol–water partition coefficient (Wildman–Crippen LogP) is 13.3. The molecule has 0 bridgehead atoms. The summed E-state index contributed by atoms with van der Waals surface area (Å²) in [5.74, 6) is 0. The van der Waals surface area contributed by atoms with Gasteiger partial charge in [0.2, 0.25) is 5.69 Å². The number of rotatable bonds is 7. The topological polar surface area (TPSA) is 16.8 Å². The summed E-state index contributed by atoms with van der Waals surface area (Å²) in [7, 11) is 0. The Bertz CT molecular complexity index is 2460. The quantitative estimate of drug-likeness (QED) is 0.0884. The van der Waals surface area contributed by atoms with Crippen molar-refractivity contribution in [1.29, 1.82) is 0 Å². The molecule has 2 nitrogen and oxygen atoms in total. The van der Waals surface area contributed by atoms with E-state index in [0.29, 0.717) is 0 Å². The molecule has 72 heavy (non-hydrogen) atoms. The number of halogens is 24. The van der Waals surface area contributed by atoms with Crippen LogP contribution >= 0.6 is 0 Å². The van der Waals surface area contributed by atoms with Gasteiger partial charge < -0.3 is 0 Å². The van der Waals surface area contributed by atoms with Crippen LogP contribution in [-0.2, 0) is 56.0 Å². The average molecular weight is 1060 g/mol. The van der Waals surface area contributed by atoms with Gasteiger partial charge in [0.05, 0.1) is 56.9 Å². The summed E-state index contributed by atoms with van der Waals surface area (Å²) in [6, 6.07) is 1.53. The van der Waals surface area contributed by atoms with Gasteiger partial charge in [-0.15, -0.1) is 0 Å². The van der Waals surface area contributed by atoms with Gasteiger partial charge in [-0.05, 0) is 24.3 Å². The number of nitrogens with zero attached hydrogens (tertiary/aromatic N) is 2. The Labute approximate surface area is 388 Å². The fraction of sp³-hybridized carbons (Fsp3) is 0.200. The van der Waals surface area contributed by atoms with Gasteiger partial charge >= 0.3 is 49.4 Å². The van der Waals surface area contributed by atoms with E-state index in [4.69, 9.17) is 0 Å². The highest BCUT2D eigenvalue weighted by Gasteiger charge is 2.47. The van der Waals surface area contributed by atoms with E-state index in [1.165, 1.54) is 5.56 Å². The molecule has 6 aromatic rings. The molecule has 386 valence electrons. The lowest BCUT2D eigenvalue weighted by Crippen LogP contribution is -2.75. The van der Waals surface area contributed by atoms with Gasteiger partial charge in [0, 0.05) is 11.6 Å². The van der Waals surface area contributed by atoms with Crippen LogP contribution in [0.3, 0.4) is 0 Å². The minimum Gasteiger partial charge on any atom is -0.252 e. The summed E-state index contributed by atoms with van der Waals surface area (Å²) in [6.45, 7) is 4.62. The van der Waals surface area contributed by atoms with Crippen molar-refractivity contribution in [2.45, 2.75) is 56.0 Å². The third-order valence-electron chi connectivity index (χ3n) is 10.7. The van der Waals surface area contributed by atoms with Gasteiger partial charge in [-0.3, -0.25) is 4.98 Å². The molecular weight excluding hydrogens is 1040 g/mol. The summed E-state index contributed by atoms with van der Waals surface area (Å²) in [5.41, 5.74) is -27.9. The highest BCUT2D eigenvalue weighted by Crippen LogP contribution is 2.41. The van der Waals surface area contributed by atoms with Crippen LogP contribution in [0.25, 0.3) is 6.08 Å². The van der Waals surface area contributed by atoms with Crippen LogP contribution in [0.15, 0.2) is 128 Å². The van der Waals surface area contributed by atoms with E-state index in [1.54, 1.807) is 6.20 Å². The van der Waals surface area contributed by atoms with E-state index >= 15 is 0 Å². The van der Waals surface area contributed by atoms with Crippen LogP contribution in [0.2, 0.25) is 0 Å². The zero-order valence-electron chi connectivity index (χ0n) is 35.1. The number of alkyl halides is 24. The van der Waals surface area contributed by atoms with Crippen molar-refractivity contribution >= 4 is 34.1 Å². The monoisotopic (exact) mass is 1060 g/mol. The van der Waals surface area contributed by atoms with Crippen LogP contribution in [0.4, 0.5) is 105 Å². The Kier molecular flexibility index (Phi) is 15.1. The molecule has 0 aliphatic heterocycles. The Morgan fingerprint density at radius 3 is 0.861 bits per heavy atom. The molecule has 0 N–H and O–H groups in total. The molecule has 0 amide bonds. The minimum atomic E-state index is -6.13. The Morgan fingerprint density at radius 2 is 0.639 bits per heavy atom. The van der Waals surface area contributed by atoms with Gasteiger partial charge in [-0.25, -0.2) is 0 Å². The first-order valence-electron chi connectivity index (χ1n) is 19.5. The molecule has 0 spiro atoms. The Hall–Kier alpha value is -6.70. The van der Waals surface area contributed by atoms with Crippen LogP contribution in [0.5, 0.6) is 0 Å². The zero-order chi connectivity index (χ0) is 54.4. The molecule has 27 heteroatoms. The molecule has 0 saturated heterocycles. The molecule has 0 radical (unpaired) electrons. The molecule has 6 rings (SSSR count). The van der Waals surface area contributed by atoms with E-state index in [2.05, 4.69) is 28.3 Å². The molecule has 0 unspecified atom stereocenters. The number of benzene rings is 5. The SMILES string of the molecule is C=Cc1cncc[n+]1Cc1ccccc1.FC(F)(F)c1cc([B-](c2cc(C(F)(F)F)cc(C(F)(F)F)c2)(c2cc(C(F)(F)F)cc(C(F)(F)F)c2)c2cc(C(F)(F)F)cc(C(F)(F)F)c2)cc(C(F)(F)F)c1. The lowest BCUT2D eigenvalue weighted by Gasteiger charge is -2.46. The van der Waals surface area contributed by atoms with Crippen LogP contribution < -0.4 is 26.4 Å². The number of hydrogen-bond donors (Lipinski definition) is 0. The predicted molar refractivity (Wildman–Crippen MR) is 210 cm³/mol. The molecular formula is C45H25BF24N2. The summed E-state index contributed by atoms with van der Waals surface area (Å²) < 4.78 is 343. The molecule has 1 heterocycles. The van der Waals surface area contributed by atoms with E-state index in [0.717, 1.165) is 12.2 Å². The van der Waals surface area contributed by atoms with E-state index in [1.807, 2.05) is 36.7 Å². The van der Waals surface area contributed by atoms with Crippen molar-refractivity contribution in [3.8, 4) is 0 Å². The van der Waals surface area contributed by atoms with E-state index in [-0.39, 0.29) is 0 Å². The van der Waals surface area contributed by atoms with E-state index in [9.17, 15) is 105 Å². The molecule has 0 saturated carbocycles. The van der Waals surface area contributed by atoms with Gasteiger partial charge in [-0.1, -0.05) is 85.4 Å². The Morgan fingerprint density at radius 1 is 0.389 bits per heavy atom. The fourth-order valence-corrected chi connectivity index (χ4v) is 7.56. The maximum absolute atomic E-state index is 14.2. The van der Waals surface area contributed by atoms with Crippen molar-refractivity contribution in [1.82, 2.24) is 4.98 Å². The summed E-state index contributed by atoms with van der Waals surface area (Å²) >= 11 is 0. The van der Waals surface area contributed by atoms with Crippen LogP contribution in [-0.4, -0.2) is 11.1 Å². The normalized spacial score (nSPS) is 13.4. The van der Waals surface area contributed by atoms with Crippen LogP contribution in [0, 0.1) is 0 Å². The number of hydrogen-bond acceptors (Lipinski definition) is 1. The highest BCUT2D eigenvalue weighted by molar-refractivity contribution is 7.20. The average Bonchev–Trinajstić information content (AvgIpc) is 3.25. The first-order valence-corrected chi connectivity index (χ1v) is 19.5. The third-order valence-corrected chi connectivity index (χ3v) is 10.7. The molecule has 0 fully saturated rings. The second kappa shape index (κ2) is 19.4. The van der Waals surface area contributed by atoms with Crippen LogP contribution in [0.1, 0.15) is 55.8 Å². The van der Waals surface area contributed by atoms with Gasteiger partial charge in [0.1, 0.15) is 6.15 Å². The Balaban J connectivity index is 0.000000542. The first-order chi connectivity index (χ1) is 32.7. The standard InChI is InChI=1S/C32H12BF24.C13H13N2/c34-25(35,36)13-1-14(26(37,38)39)6-21(5-13)33(22-7-15(27(40,41)42)2-16(8-22)28(43,44)45,23-9-17(29(46,47)48)3-18(10-23)30(49,50)51)24-11-19(31(52,53)54)4-20(12-24)32(55,56)57;1-2-13-10-14-8-9-15(13)11-12-6-4-3-5-7-12/h1-12H;2-10H,1,11H2/q-1;+1. The maximum Gasteiger partial charge on any atom is 0.416 e. The van der Waals surface area contributed by atoms with Crippen molar-refractivity contribution in [3.05, 3.63) is 184 Å². The van der Waals surface area contributed by atoms with Gasteiger partial charge in [0.25, 0.3) is 0 Å². The molecule has 5 aromatic carbocycles. The fourth-order valence-electron chi connectivity index (χ4n) is 7.56. The summed E-state index contributed by atoms with van der Waals surface area (Å²) in [6.07, 6.45) is -47.4. The first kappa shape index (κ1) is 56.2. The third kappa shape index (κ3) is 12.8. The van der Waals surface area contributed by atoms with E-state index < -0.39 is 195 Å².